The number of nitrogens with zero attached hydrogens (tertiary/aromatic N) is 1. The topological polar surface area (TPSA) is 35.5 Å². The molecule has 0 bridgehead atoms. The van der Waals surface area contributed by atoms with Gasteiger partial charge in [0.15, 0.2) is 0 Å². The van der Waals surface area contributed by atoms with Gasteiger partial charge in [0.05, 0.1) is 12.1 Å². The first-order valence-corrected chi connectivity index (χ1v) is 8.35. The molecule has 118 valence electrons. The first kappa shape index (κ1) is 16.5. The number of aliphatic hydroxyl groups excluding tert-OH is 1. The number of likely N-dealkylation sites (N-methyl/N-ethyl adjacent to an activating group) is 1. The Labute approximate surface area is 129 Å². The zero-order valence-electron chi connectivity index (χ0n) is 13.5. The molecule has 3 heteroatoms. The van der Waals surface area contributed by atoms with Crippen molar-refractivity contribution < 1.29 is 5.11 Å². The first-order valence-electron chi connectivity index (χ1n) is 8.35. The first-order chi connectivity index (χ1) is 10.3. The third-order valence-electron chi connectivity index (χ3n) is 5.02. The molecule has 1 aromatic rings. The van der Waals surface area contributed by atoms with Crippen LogP contribution in [0.5, 0.6) is 0 Å². The average Bonchev–Trinajstić information content (AvgIpc) is 2.78. The van der Waals surface area contributed by atoms with E-state index in [0.29, 0.717) is 6.04 Å². The summed E-state index contributed by atoms with van der Waals surface area (Å²) in [4.78, 5) is 2.59. The molecular weight excluding hydrogens is 260 g/mol. The molecule has 2 unspecified atom stereocenters. The van der Waals surface area contributed by atoms with E-state index in [1.54, 1.807) is 0 Å². The van der Waals surface area contributed by atoms with Gasteiger partial charge < -0.3 is 10.4 Å². The van der Waals surface area contributed by atoms with Crippen molar-refractivity contribution in [2.45, 2.75) is 50.6 Å². The summed E-state index contributed by atoms with van der Waals surface area (Å²) < 4.78 is 0. The molecule has 2 atom stereocenters. The van der Waals surface area contributed by atoms with Crippen LogP contribution in [0.15, 0.2) is 30.3 Å². The van der Waals surface area contributed by atoms with E-state index in [1.807, 2.05) is 13.1 Å². The second-order valence-electron chi connectivity index (χ2n) is 6.24. The summed E-state index contributed by atoms with van der Waals surface area (Å²) in [6.07, 6.45) is 6.43. The Morgan fingerprint density at radius 2 is 2.00 bits per heavy atom. The van der Waals surface area contributed by atoms with Gasteiger partial charge in [-0.05, 0) is 38.4 Å². The lowest BCUT2D eigenvalue weighted by molar-refractivity contribution is 0.0871. The van der Waals surface area contributed by atoms with E-state index < -0.39 is 0 Å². The van der Waals surface area contributed by atoms with Crippen LogP contribution in [0, 0.1) is 0 Å². The van der Waals surface area contributed by atoms with Gasteiger partial charge in [0.2, 0.25) is 0 Å². The second kappa shape index (κ2) is 7.92. The summed E-state index contributed by atoms with van der Waals surface area (Å²) in [5.41, 5.74) is 0.813. The smallest absolute Gasteiger partial charge is 0.0795 e. The molecule has 1 aliphatic rings. The lowest BCUT2D eigenvalue weighted by Crippen LogP contribution is -2.54. The lowest BCUT2D eigenvalue weighted by atomic mass is 9.89. The number of hydrogen-bond donors (Lipinski definition) is 2. The fraction of sp³-hybridized carbons (Fsp3) is 0.667. The van der Waals surface area contributed by atoms with Gasteiger partial charge in [-0.3, -0.25) is 4.90 Å². The van der Waals surface area contributed by atoms with E-state index in [4.69, 9.17) is 0 Å². The predicted molar refractivity (Wildman–Crippen MR) is 88.4 cm³/mol. The zero-order chi connectivity index (χ0) is 15.1. The molecule has 1 aromatic carbocycles. The average molecular weight is 290 g/mol. The van der Waals surface area contributed by atoms with Crippen molar-refractivity contribution in [1.82, 2.24) is 10.2 Å². The number of hydrogen-bond acceptors (Lipinski definition) is 3. The summed E-state index contributed by atoms with van der Waals surface area (Å²) in [5.74, 6) is 0. The minimum absolute atomic E-state index is 0.125. The van der Waals surface area contributed by atoms with E-state index in [0.717, 1.165) is 13.1 Å². The van der Waals surface area contributed by atoms with Gasteiger partial charge in [-0.1, -0.05) is 50.1 Å². The lowest BCUT2D eigenvalue weighted by Gasteiger charge is -2.40. The van der Waals surface area contributed by atoms with Gasteiger partial charge in [0.1, 0.15) is 0 Å². The second-order valence-corrected chi connectivity index (χ2v) is 6.24. The number of benzene rings is 1. The maximum absolute atomic E-state index is 10.1. The van der Waals surface area contributed by atoms with Gasteiger partial charge in [-0.25, -0.2) is 0 Å². The maximum Gasteiger partial charge on any atom is 0.0795 e. The Balaban J connectivity index is 2.22. The van der Waals surface area contributed by atoms with Crippen molar-refractivity contribution in [1.29, 1.82) is 0 Å². The summed E-state index contributed by atoms with van der Waals surface area (Å²) in [7, 11) is 1.96. The molecule has 2 rings (SSSR count). The van der Waals surface area contributed by atoms with Crippen LogP contribution < -0.4 is 5.32 Å². The van der Waals surface area contributed by atoms with Gasteiger partial charge in [-0.2, -0.15) is 0 Å². The fourth-order valence-corrected chi connectivity index (χ4v) is 3.55. The Bertz CT molecular complexity index is 403. The molecule has 0 amide bonds. The molecule has 2 N–H and O–H groups in total. The number of likely N-dealkylation sites (tertiary alicyclic amines) is 1. The largest absolute Gasteiger partial charge is 0.394 e. The summed E-state index contributed by atoms with van der Waals surface area (Å²) in [5, 5.41) is 13.5. The monoisotopic (exact) mass is 290 g/mol. The molecule has 21 heavy (non-hydrogen) atoms. The molecule has 0 aromatic heterocycles. The highest BCUT2D eigenvalue weighted by molar-refractivity contribution is 5.25. The summed E-state index contributed by atoms with van der Waals surface area (Å²) in [6.45, 7) is 4.43. The fourth-order valence-electron chi connectivity index (χ4n) is 3.55. The van der Waals surface area contributed by atoms with E-state index >= 15 is 0 Å². The molecule has 0 aliphatic carbocycles. The van der Waals surface area contributed by atoms with Crippen molar-refractivity contribution in [3.05, 3.63) is 35.9 Å². The third-order valence-corrected chi connectivity index (χ3v) is 5.02. The van der Waals surface area contributed by atoms with Crippen LogP contribution in [-0.4, -0.2) is 42.8 Å². The molecule has 3 nitrogen and oxygen atoms in total. The van der Waals surface area contributed by atoms with E-state index in [1.165, 1.54) is 37.7 Å². The Morgan fingerprint density at radius 3 is 2.62 bits per heavy atom. The highest BCUT2D eigenvalue weighted by Crippen LogP contribution is 2.26. The van der Waals surface area contributed by atoms with Gasteiger partial charge in [0.25, 0.3) is 0 Å². The molecule has 1 heterocycles. The van der Waals surface area contributed by atoms with E-state index in [-0.39, 0.29) is 12.1 Å². The number of nitrogens with one attached hydrogen (secondary N) is 1. The van der Waals surface area contributed by atoms with E-state index in [9.17, 15) is 5.11 Å². The molecule has 1 fully saturated rings. The van der Waals surface area contributed by atoms with Gasteiger partial charge in [-0.15, -0.1) is 0 Å². The maximum atomic E-state index is 10.1. The Hall–Kier alpha value is -0.900. The summed E-state index contributed by atoms with van der Waals surface area (Å²) >= 11 is 0. The number of aliphatic hydroxyl groups is 1. The molecule has 0 saturated carbocycles. The molecule has 0 radical (unpaired) electrons. The van der Waals surface area contributed by atoms with Crippen molar-refractivity contribution in [2.24, 2.45) is 0 Å². The van der Waals surface area contributed by atoms with Crippen LogP contribution in [-0.2, 0) is 5.54 Å². The van der Waals surface area contributed by atoms with Crippen molar-refractivity contribution >= 4 is 0 Å². The molecular formula is C18H30N2O. The quantitative estimate of drug-likeness (QED) is 0.845. The normalized spacial score (nSPS) is 23.5. The minimum Gasteiger partial charge on any atom is -0.394 e. The molecule has 1 saturated heterocycles. The SMILES string of the molecule is CCC1CCCCCN1CC(CO)(NC)c1ccccc1. The van der Waals surface area contributed by atoms with Crippen LogP contribution in [0.3, 0.4) is 0 Å². The Kier molecular flexibility index (Phi) is 6.22. The molecule has 0 spiro atoms. The third kappa shape index (κ3) is 3.85. The molecule has 1 aliphatic heterocycles. The van der Waals surface area contributed by atoms with Crippen molar-refractivity contribution in [3.8, 4) is 0 Å². The van der Waals surface area contributed by atoms with Crippen LogP contribution in [0.1, 0.15) is 44.6 Å². The standard InChI is InChI=1S/C18H30N2O/c1-3-17-12-8-5-9-13-20(17)14-18(15-21,19-2)16-10-6-4-7-11-16/h4,6-7,10-11,17,19,21H,3,5,8-9,12-15H2,1-2H3. The van der Waals surface area contributed by atoms with Crippen LogP contribution >= 0.6 is 0 Å². The predicted octanol–water partition coefficient (Wildman–Crippen LogP) is 2.75. The zero-order valence-corrected chi connectivity index (χ0v) is 13.5. The highest BCUT2D eigenvalue weighted by atomic mass is 16.3. The van der Waals surface area contributed by atoms with Gasteiger partial charge >= 0.3 is 0 Å². The number of rotatable bonds is 6. The van der Waals surface area contributed by atoms with Crippen molar-refractivity contribution in [2.75, 3.05) is 26.7 Å². The van der Waals surface area contributed by atoms with Gasteiger partial charge in [0, 0.05) is 12.6 Å². The van der Waals surface area contributed by atoms with E-state index in [2.05, 4.69) is 41.4 Å². The highest BCUT2D eigenvalue weighted by Gasteiger charge is 2.34. The van der Waals surface area contributed by atoms with Crippen LogP contribution in [0.4, 0.5) is 0 Å². The summed E-state index contributed by atoms with van der Waals surface area (Å²) in [6, 6.07) is 11.0. The van der Waals surface area contributed by atoms with Crippen molar-refractivity contribution in [3.63, 3.8) is 0 Å². The minimum atomic E-state index is -0.362. The van der Waals surface area contributed by atoms with Crippen LogP contribution in [0.25, 0.3) is 0 Å². The Morgan fingerprint density at radius 1 is 1.24 bits per heavy atom. The van der Waals surface area contributed by atoms with Crippen LogP contribution in [0.2, 0.25) is 0 Å².